The van der Waals surface area contributed by atoms with Crippen LogP contribution in [0.25, 0.3) is 0 Å². The third-order valence-electron chi connectivity index (χ3n) is 7.91. The molecule has 1 aliphatic rings. The van der Waals surface area contributed by atoms with Crippen LogP contribution in [0.5, 0.6) is 5.75 Å². The Balaban J connectivity index is 1.34. The Morgan fingerprint density at radius 3 is 2.56 bits per heavy atom. The van der Waals surface area contributed by atoms with Crippen molar-refractivity contribution in [3.8, 4) is 11.8 Å². The zero-order chi connectivity index (χ0) is 27.8. The lowest BCUT2D eigenvalue weighted by Gasteiger charge is -2.42. The molecule has 204 valence electrons. The normalized spacial score (nSPS) is 14.8. The highest BCUT2D eigenvalue weighted by Crippen LogP contribution is 2.29. The molecule has 3 aromatic rings. The zero-order valence-electron chi connectivity index (χ0n) is 23.5. The van der Waals surface area contributed by atoms with Crippen molar-refractivity contribution in [2.75, 3.05) is 31.6 Å². The van der Waals surface area contributed by atoms with Crippen molar-refractivity contribution in [3.63, 3.8) is 0 Å². The Kier molecular flexibility index (Phi) is 9.56. The minimum absolute atomic E-state index is 0.115. The number of carbonyl (C=O) groups excluding carboxylic acids is 1. The van der Waals surface area contributed by atoms with E-state index in [4.69, 9.17) is 10.00 Å². The fourth-order valence-corrected chi connectivity index (χ4v) is 5.30. The first-order chi connectivity index (χ1) is 18.9. The van der Waals surface area contributed by atoms with E-state index in [9.17, 15) is 4.79 Å². The van der Waals surface area contributed by atoms with Gasteiger partial charge in [0, 0.05) is 61.9 Å². The third kappa shape index (κ3) is 7.15. The molecule has 7 nitrogen and oxygen atoms in total. The van der Waals surface area contributed by atoms with Gasteiger partial charge < -0.3 is 19.9 Å². The van der Waals surface area contributed by atoms with E-state index in [2.05, 4.69) is 58.2 Å². The number of ether oxygens (including phenoxy) is 1. The average Bonchev–Trinajstić information content (AvgIpc) is 2.97. The summed E-state index contributed by atoms with van der Waals surface area (Å²) in [4.78, 5) is 22.1. The number of hydrogen-bond acceptors (Lipinski definition) is 6. The Labute approximate surface area is 232 Å². The second-order valence-electron chi connectivity index (χ2n) is 10.4. The minimum atomic E-state index is -0.115. The lowest BCUT2D eigenvalue weighted by Crippen LogP contribution is -2.48. The summed E-state index contributed by atoms with van der Waals surface area (Å²) in [6.45, 7) is 9.75. The summed E-state index contributed by atoms with van der Waals surface area (Å²) < 4.78 is 5.39. The molecule has 1 atom stereocenters. The first-order valence-corrected chi connectivity index (χ1v) is 13.7. The molecule has 1 aliphatic heterocycles. The molecular weight excluding hydrogens is 486 g/mol. The lowest BCUT2D eigenvalue weighted by molar-refractivity contribution is 0.0944. The number of benzene rings is 2. The molecule has 2 aromatic carbocycles. The number of likely N-dealkylation sites (tertiary alicyclic amines) is 1. The van der Waals surface area contributed by atoms with E-state index in [0.717, 1.165) is 50.2 Å². The number of carbonyl (C=O) groups is 1. The smallest absolute Gasteiger partial charge is 0.251 e. The number of nitrogens with zero attached hydrogens (tertiary/aromatic N) is 4. The maximum atomic E-state index is 12.7. The summed E-state index contributed by atoms with van der Waals surface area (Å²) >= 11 is 0. The van der Waals surface area contributed by atoms with Crippen molar-refractivity contribution in [1.82, 2.24) is 15.2 Å². The van der Waals surface area contributed by atoms with Gasteiger partial charge in [-0.3, -0.25) is 9.78 Å². The van der Waals surface area contributed by atoms with E-state index in [-0.39, 0.29) is 5.91 Å². The SMILES string of the molecule is COc1ccc(N(Cc2cnccc2C)C2CCN(C(C)CCNC(=O)c3cc(C#N)ccc3C)CC2)cc1. The molecule has 1 N–H and O–H groups in total. The van der Waals surface area contributed by atoms with E-state index in [1.807, 2.05) is 37.5 Å². The molecule has 39 heavy (non-hydrogen) atoms. The summed E-state index contributed by atoms with van der Waals surface area (Å²) in [5.74, 6) is 0.747. The monoisotopic (exact) mass is 525 g/mol. The van der Waals surface area contributed by atoms with Crippen LogP contribution in [-0.2, 0) is 6.54 Å². The van der Waals surface area contributed by atoms with Crippen LogP contribution in [0.3, 0.4) is 0 Å². The van der Waals surface area contributed by atoms with E-state index in [1.165, 1.54) is 16.8 Å². The Bertz CT molecular complexity index is 1290. The maximum absolute atomic E-state index is 12.7. The predicted molar refractivity (Wildman–Crippen MR) is 155 cm³/mol. The predicted octanol–water partition coefficient (Wildman–Crippen LogP) is 5.26. The number of anilines is 1. The van der Waals surface area contributed by atoms with E-state index >= 15 is 0 Å². The molecule has 7 heteroatoms. The van der Waals surface area contributed by atoms with Crippen LogP contribution in [-0.4, -0.2) is 54.6 Å². The molecule has 1 unspecified atom stereocenters. The molecule has 1 amide bonds. The van der Waals surface area contributed by atoms with E-state index in [0.29, 0.717) is 29.8 Å². The van der Waals surface area contributed by atoms with Gasteiger partial charge in [0.05, 0.1) is 18.7 Å². The summed E-state index contributed by atoms with van der Waals surface area (Å²) in [6, 6.07) is 18.6. The van der Waals surface area contributed by atoms with Crippen LogP contribution >= 0.6 is 0 Å². The van der Waals surface area contributed by atoms with Gasteiger partial charge in [0.15, 0.2) is 0 Å². The molecule has 0 bridgehead atoms. The number of nitriles is 1. The van der Waals surface area contributed by atoms with Crippen molar-refractivity contribution in [1.29, 1.82) is 5.26 Å². The summed E-state index contributed by atoms with van der Waals surface area (Å²) in [5.41, 5.74) is 5.66. The number of rotatable bonds is 10. The van der Waals surface area contributed by atoms with Gasteiger partial charge in [0.1, 0.15) is 5.75 Å². The number of hydrogen-bond donors (Lipinski definition) is 1. The van der Waals surface area contributed by atoms with Crippen molar-refractivity contribution in [2.24, 2.45) is 0 Å². The van der Waals surface area contributed by atoms with Crippen molar-refractivity contribution < 1.29 is 9.53 Å². The summed E-state index contributed by atoms with van der Waals surface area (Å²) in [5, 5.41) is 12.2. The van der Waals surface area contributed by atoms with Crippen LogP contribution in [0.2, 0.25) is 0 Å². The van der Waals surface area contributed by atoms with Crippen molar-refractivity contribution in [2.45, 2.75) is 58.7 Å². The summed E-state index contributed by atoms with van der Waals surface area (Å²) in [6.07, 6.45) is 6.85. The zero-order valence-corrected chi connectivity index (χ0v) is 23.5. The van der Waals surface area contributed by atoms with E-state index in [1.54, 1.807) is 19.2 Å². The van der Waals surface area contributed by atoms with Crippen molar-refractivity contribution >= 4 is 11.6 Å². The number of aromatic nitrogens is 1. The number of methoxy groups -OCH3 is 1. The molecule has 0 aliphatic carbocycles. The van der Waals surface area contributed by atoms with Crippen LogP contribution in [0, 0.1) is 25.2 Å². The standard InChI is InChI=1S/C32H39N5O2/c1-23-11-15-34-21-27(23)22-37(28-7-9-30(39-4)10-8-28)29-13-17-36(18-14-29)25(3)12-16-35-32(38)31-19-26(20-33)6-5-24(31)2/h5-11,15,19,21,25,29H,12-14,16-18,22H2,1-4H3,(H,35,38). The number of nitrogens with one attached hydrogen (secondary N) is 1. The molecule has 4 rings (SSSR count). The van der Waals surface area contributed by atoms with Crippen LogP contribution < -0.4 is 15.0 Å². The fraction of sp³-hybridized carbons (Fsp3) is 0.406. The average molecular weight is 526 g/mol. The fourth-order valence-electron chi connectivity index (χ4n) is 5.30. The van der Waals surface area contributed by atoms with Gasteiger partial charge in [-0.1, -0.05) is 6.07 Å². The van der Waals surface area contributed by atoms with Crippen LogP contribution in [0.15, 0.2) is 60.9 Å². The van der Waals surface area contributed by atoms with Gasteiger partial charge >= 0.3 is 0 Å². The number of amides is 1. The number of pyridine rings is 1. The Morgan fingerprint density at radius 2 is 1.90 bits per heavy atom. The summed E-state index contributed by atoms with van der Waals surface area (Å²) in [7, 11) is 1.70. The molecule has 0 spiro atoms. The van der Waals surface area contributed by atoms with Crippen LogP contribution in [0.1, 0.15) is 58.8 Å². The third-order valence-corrected chi connectivity index (χ3v) is 7.91. The molecule has 0 saturated carbocycles. The lowest BCUT2D eigenvalue weighted by atomic mass is 9.99. The molecule has 1 fully saturated rings. The van der Waals surface area contributed by atoms with E-state index < -0.39 is 0 Å². The topological polar surface area (TPSA) is 81.5 Å². The first-order valence-electron chi connectivity index (χ1n) is 13.7. The van der Waals surface area contributed by atoms with Gasteiger partial charge in [-0.2, -0.15) is 5.26 Å². The largest absolute Gasteiger partial charge is 0.497 e. The quantitative estimate of drug-likeness (QED) is 0.389. The second kappa shape index (κ2) is 13.3. The first kappa shape index (κ1) is 28.1. The van der Waals surface area contributed by atoms with Crippen LogP contribution in [0.4, 0.5) is 5.69 Å². The highest BCUT2D eigenvalue weighted by molar-refractivity contribution is 5.95. The molecule has 1 saturated heterocycles. The van der Waals surface area contributed by atoms with Gasteiger partial charge in [0.25, 0.3) is 5.91 Å². The second-order valence-corrected chi connectivity index (χ2v) is 10.4. The van der Waals surface area contributed by atoms with Gasteiger partial charge in [0.2, 0.25) is 0 Å². The number of aryl methyl sites for hydroxylation is 2. The van der Waals surface area contributed by atoms with Crippen molar-refractivity contribution in [3.05, 3.63) is 88.7 Å². The molecule has 2 heterocycles. The Hall–Kier alpha value is -3.89. The molecule has 1 aromatic heterocycles. The van der Waals surface area contributed by atoms with Gasteiger partial charge in [-0.05, 0) is 99.2 Å². The Morgan fingerprint density at radius 1 is 1.15 bits per heavy atom. The maximum Gasteiger partial charge on any atom is 0.251 e. The molecular formula is C32H39N5O2. The highest BCUT2D eigenvalue weighted by Gasteiger charge is 2.27. The highest BCUT2D eigenvalue weighted by atomic mass is 16.5. The number of piperidine rings is 1. The molecule has 0 radical (unpaired) electrons. The van der Waals surface area contributed by atoms with Gasteiger partial charge in [-0.25, -0.2) is 0 Å². The minimum Gasteiger partial charge on any atom is -0.497 e. The van der Waals surface area contributed by atoms with Gasteiger partial charge in [-0.15, -0.1) is 0 Å².